The van der Waals surface area contributed by atoms with Crippen molar-refractivity contribution in [3.05, 3.63) is 29.8 Å². The van der Waals surface area contributed by atoms with Crippen molar-refractivity contribution in [3.8, 4) is 0 Å². The molecule has 106 valence electrons. The number of amidine groups is 1. The zero-order valence-corrected chi connectivity index (χ0v) is 11.9. The van der Waals surface area contributed by atoms with Gasteiger partial charge in [0.2, 0.25) is 0 Å². The fourth-order valence-electron chi connectivity index (χ4n) is 1.17. The van der Waals surface area contributed by atoms with Crippen molar-refractivity contribution in [2.45, 2.75) is 25.7 Å². The smallest absolute Gasteiger partial charge is 0.296 e. The monoisotopic (exact) mass is 286 g/mol. The molecule has 0 amide bonds. The highest BCUT2D eigenvalue weighted by atomic mass is 32.2. The minimum Gasteiger partial charge on any atom is -0.409 e. The molecule has 1 aromatic rings. The Morgan fingerprint density at radius 2 is 1.84 bits per heavy atom. The third-order valence-electron chi connectivity index (χ3n) is 2.19. The first-order valence-electron chi connectivity index (χ1n) is 5.63. The Hall–Kier alpha value is -1.60. The van der Waals surface area contributed by atoms with Gasteiger partial charge in [0.1, 0.15) is 0 Å². The zero-order valence-electron chi connectivity index (χ0n) is 11.1. The molecule has 0 unspecified atom stereocenters. The molecule has 0 atom stereocenters. The first kappa shape index (κ1) is 15.5. The van der Waals surface area contributed by atoms with Crippen molar-refractivity contribution in [2.24, 2.45) is 16.3 Å². The van der Waals surface area contributed by atoms with Crippen LogP contribution in [0, 0.1) is 5.41 Å². The zero-order chi connectivity index (χ0) is 14.7. The number of hydrogen-bond donors (Lipinski definition) is 2. The largest absolute Gasteiger partial charge is 0.409 e. The predicted molar refractivity (Wildman–Crippen MR) is 71.5 cm³/mol. The van der Waals surface area contributed by atoms with E-state index in [4.69, 9.17) is 15.1 Å². The molecule has 0 saturated heterocycles. The van der Waals surface area contributed by atoms with Gasteiger partial charge in [0.15, 0.2) is 5.84 Å². The molecular formula is C12H18N2O4S. The summed E-state index contributed by atoms with van der Waals surface area (Å²) in [7, 11) is -3.79. The molecule has 0 spiro atoms. The van der Waals surface area contributed by atoms with Crippen molar-refractivity contribution >= 4 is 16.0 Å². The first-order valence-corrected chi connectivity index (χ1v) is 7.04. The Bertz CT molecular complexity index is 556. The van der Waals surface area contributed by atoms with E-state index in [1.54, 1.807) is 0 Å². The summed E-state index contributed by atoms with van der Waals surface area (Å²) in [6, 6.07) is 5.60. The molecule has 0 saturated carbocycles. The van der Waals surface area contributed by atoms with Crippen LogP contribution in [-0.2, 0) is 14.3 Å². The number of nitrogens with zero attached hydrogens (tertiary/aromatic N) is 1. The van der Waals surface area contributed by atoms with Crippen molar-refractivity contribution in [3.63, 3.8) is 0 Å². The molecule has 0 aliphatic heterocycles. The second-order valence-corrected chi connectivity index (χ2v) is 6.90. The molecule has 6 nitrogen and oxygen atoms in total. The fourth-order valence-corrected chi connectivity index (χ4v) is 2.29. The van der Waals surface area contributed by atoms with Gasteiger partial charge < -0.3 is 10.9 Å². The third kappa shape index (κ3) is 4.53. The summed E-state index contributed by atoms with van der Waals surface area (Å²) in [6.07, 6.45) is 0. The minimum atomic E-state index is -3.79. The predicted octanol–water partition coefficient (Wildman–Crippen LogP) is 1.53. The van der Waals surface area contributed by atoms with Crippen molar-refractivity contribution in [1.29, 1.82) is 0 Å². The summed E-state index contributed by atoms with van der Waals surface area (Å²) >= 11 is 0. The van der Waals surface area contributed by atoms with Crippen molar-refractivity contribution in [1.82, 2.24) is 0 Å². The molecule has 0 bridgehead atoms. The molecule has 0 radical (unpaired) electrons. The average Bonchev–Trinajstić information content (AvgIpc) is 2.35. The molecule has 3 N–H and O–H groups in total. The maximum atomic E-state index is 11.9. The summed E-state index contributed by atoms with van der Waals surface area (Å²) < 4.78 is 28.8. The number of hydrogen-bond acceptors (Lipinski definition) is 5. The third-order valence-corrected chi connectivity index (χ3v) is 3.47. The van der Waals surface area contributed by atoms with Gasteiger partial charge in [-0.1, -0.05) is 25.9 Å². The van der Waals surface area contributed by atoms with Crippen LogP contribution in [0.5, 0.6) is 0 Å². The molecule has 0 aliphatic rings. The van der Waals surface area contributed by atoms with Crippen molar-refractivity contribution in [2.75, 3.05) is 6.61 Å². The Morgan fingerprint density at radius 3 is 2.26 bits per heavy atom. The van der Waals surface area contributed by atoms with E-state index in [-0.39, 0.29) is 22.8 Å². The molecule has 0 aliphatic carbocycles. The lowest BCUT2D eigenvalue weighted by Crippen LogP contribution is -2.19. The van der Waals surface area contributed by atoms with Gasteiger partial charge >= 0.3 is 0 Å². The Balaban J connectivity index is 2.91. The minimum absolute atomic E-state index is 0.0336. The van der Waals surface area contributed by atoms with Crippen LogP contribution < -0.4 is 5.73 Å². The summed E-state index contributed by atoms with van der Waals surface area (Å²) in [5.41, 5.74) is 5.57. The molecule has 19 heavy (non-hydrogen) atoms. The topological polar surface area (TPSA) is 102 Å². The van der Waals surface area contributed by atoms with Gasteiger partial charge in [-0.15, -0.1) is 0 Å². The van der Waals surface area contributed by atoms with Crippen LogP contribution in [0.2, 0.25) is 0 Å². The maximum Gasteiger partial charge on any atom is 0.296 e. The second-order valence-electron chi connectivity index (χ2n) is 5.29. The van der Waals surface area contributed by atoms with Gasteiger partial charge in [-0.2, -0.15) is 8.42 Å². The van der Waals surface area contributed by atoms with Crippen molar-refractivity contribution < 1.29 is 17.8 Å². The number of benzene rings is 1. The van der Waals surface area contributed by atoms with Gasteiger partial charge in [0, 0.05) is 5.56 Å². The summed E-state index contributed by atoms with van der Waals surface area (Å²) in [6.45, 7) is 5.73. The quantitative estimate of drug-likeness (QED) is 0.287. The van der Waals surface area contributed by atoms with E-state index >= 15 is 0 Å². The number of nitrogens with two attached hydrogens (primary N) is 1. The van der Waals surface area contributed by atoms with Crippen LogP contribution in [0.3, 0.4) is 0 Å². The van der Waals surface area contributed by atoms with Crippen LogP contribution in [0.4, 0.5) is 0 Å². The average molecular weight is 286 g/mol. The molecule has 1 rings (SSSR count). The first-order chi connectivity index (χ1) is 8.65. The fraction of sp³-hybridized carbons (Fsp3) is 0.417. The lowest BCUT2D eigenvalue weighted by Gasteiger charge is -2.17. The maximum absolute atomic E-state index is 11.9. The highest BCUT2D eigenvalue weighted by Crippen LogP contribution is 2.19. The van der Waals surface area contributed by atoms with Gasteiger partial charge in [-0.05, 0) is 29.7 Å². The van der Waals surface area contributed by atoms with E-state index < -0.39 is 10.1 Å². The normalized spacial score (nSPS) is 13.5. The molecule has 0 heterocycles. The summed E-state index contributed by atoms with van der Waals surface area (Å²) in [5, 5.41) is 11.3. The number of rotatable bonds is 4. The Labute approximate surface area is 113 Å². The van der Waals surface area contributed by atoms with Gasteiger partial charge in [0.25, 0.3) is 10.1 Å². The highest BCUT2D eigenvalue weighted by Gasteiger charge is 2.20. The molecule has 0 aromatic heterocycles. The van der Waals surface area contributed by atoms with Crippen LogP contribution in [0.1, 0.15) is 26.3 Å². The number of oxime groups is 1. The van der Waals surface area contributed by atoms with Crippen LogP contribution in [-0.4, -0.2) is 26.1 Å². The van der Waals surface area contributed by atoms with Gasteiger partial charge in [-0.3, -0.25) is 4.18 Å². The van der Waals surface area contributed by atoms with Crippen LogP contribution >= 0.6 is 0 Å². The van der Waals surface area contributed by atoms with E-state index in [1.165, 1.54) is 24.3 Å². The Kier molecular flexibility index (Phi) is 4.54. The highest BCUT2D eigenvalue weighted by molar-refractivity contribution is 7.86. The second kappa shape index (κ2) is 5.58. The molecule has 1 aromatic carbocycles. The van der Waals surface area contributed by atoms with E-state index in [2.05, 4.69) is 5.16 Å². The summed E-state index contributed by atoms with van der Waals surface area (Å²) in [5.74, 6) is -0.0837. The SMILES string of the molecule is CC(C)(C)COS(=O)(=O)c1ccc(C(N)=NO)cc1. The van der Waals surface area contributed by atoms with Crippen LogP contribution in [0.25, 0.3) is 0 Å². The molecule has 7 heteroatoms. The van der Waals surface area contributed by atoms with E-state index in [0.29, 0.717) is 5.56 Å². The van der Waals surface area contributed by atoms with E-state index in [0.717, 1.165) is 0 Å². The lowest BCUT2D eigenvalue weighted by atomic mass is 9.99. The Morgan fingerprint density at radius 1 is 1.32 bits per heavy atom. The lowest BCUT2D eigenvalue weighted by molar-refractivity contribution is 0.203. The molecule has 0 fully saturated rings. The van der Waals surface area contributed by atoms with E-state index in [9.17, 15) is 8.42 Å². The molecular weight excluding hydrogens is 268 g/mol. The van der Waals surface area contributed by atoms with Gasteiger partial charge in [-0.25, -0.2) is 0 Å². The van der Waals surface area contributed by atoms with Crippen LogP contribution in [0.15, 0.2) is 34.3 Å². The van der Waals surface area contributed by atoms with E-state index in [1.807, 2.05) is 20.8 Å². The van der Waals surface area contributed by atoms with Gasteiger partial charge in [0.05, 0.1) is 11.5 Å². The summed E-state index contributed by atoms with van der Waals surface area (Å²) in [4.78, 5) is 0.0336. The standard InChI is InChI=1S/C12H18N2O4S/c1-12(2,3)8-18-19(16,17)10-6-4-9(5-7-10)11(13)14-15/h4-7,15H,8H2,1-3H3,(H2,13,14).